The molecule has 17 heavy (non-hydrogen) atoms. The average Bonchev–Trinajstić information content (AvgIpc) is 2.58. The van der Waals surface area contributed by atoms with Crippen LogP contribution in [0.4, 0.5) is 5.00 Å². The normalized spacial score (nSPS) is 11.1. The van der Waals surface area contributed by atoms with Gasteiger partial charge in [-0.05, 0) is 12.1 Å². The number of benzene rings is 1. The van der Waals surface area contributed by atoms with E-state index >= 15 is 0 Å². The summed E-state index contributed by atoms with van der Waals surface area (Å²) in [4.78, 5) is 4.56. The predicted molar refractivity (Wildman–Crippen MR) is 78.0 cm³/mol. The third-order valence-corrected chi connectivity index (χ3v) is 4.29. The quantitative estimate of drug-likeness (QED) is 0.841. The highest BCUT2D eigenvalue weighted by Gasteiger charge is 2.12. The van der Waals surface area contributed by atoms with E-state index in [1.165, 1.54) is 11.3 Å². The fourth-order valence-electron chi connectivity index (χ4n) is 1.41. The molecule has 1 aromatic heterocycles. The summed E-state index contributed by atoms with van der Waals surface area (Å²) in [5.74, 6) is 0. The smallest absolute Gasteiger partial charge is 0.152 e. The molecule has 0 aliphatic rings. The van der Waals surface area contributed by atoms with E-state index in [1.807, 2.05) is 24.3 Å². The number of nitrogens with zero attached hydrogens (tertiary/aromatic N) is 1. The molecular formula is C12H13ClN2S2. The largest absolute Gasteiger partial charge is 0.389 e. The van der Waals surface area contributed by atoms with Crippen LogP contribution < -0.4 is 5.73 Å². The van der Waals surface area contributed by atoms with E-state index in [9.17, 15) is 0 Å². The third kappa shape index (κ3) is 3.15. The molecule has 0 amide bonds. The first-order chi connectivity index (χ1) is 8.06. The Labute approximate surface area is 114 Å². The number of halogens is 1. The highest BCUT2D eigenvalue weighted by atomic mass is 35.5. The maximum absolute atomic E-state index is 6.00. The summed E-state index contributed by atoms with van der Waals surface area (Å²) in [5.41, 5.74) is 7.81. The fourth-order valence-corrected chi connectivity index (χ4v) is 3.77. The van der Waals surface area contributed by atoms with E-state index in [1.54, 1.807) is 11.8 Å². The van der Waals surface area contributed by atoms with Gasteiger partial charge < -0.3 is 5.73 Å². The zero-order valence-corrected chi connectivity index (χ0v) is 12.0. The lowest BCUT2D eigenvalue weighted by Crippen LogP contribution is -1.86. The van der Waals surface area contributed by atoms with Gasteiger partial charge in [-0.25, -0.2) is 4.98 Å². The molecule has 0 saturated heterocycles. The Morgan fingerprint density at radius 3 is 2.82 bits per heavy atom. The minimum atomic E-state index is 0.507. The van der Waals surface area contributed by atoms with E-state index in [0.717, 1.165) is 20.6 Å². The standard InChI is InChI=1S/C12H13ClN2S2/c1-7(2)16-12-15-10(11(14)17-12)8-4-3-5-9(13)6-8/h3-7H,14H2,1-2H3. The van der Waals surface area contributed by atoms with Crippen molar-refractivity contribution in [2.45, 2.75) is 23.4 Å². The molecule has 0 aliphatic heterocycles. The monoisotopic (exact) mass is 284 g/mol. The van der Waals surface area contributed by atoms with Gasteiger partial charge in [-0.3, -0.25) is 0 Å². The summed E-state index contributed by atoms with van der Waals surface area (Å²) in [5, 5.41) is 1.95. The lowest BCUT2D eigenvalue weighted by molar-refractivity contribution is 1.10. The number of nitrogens with two attached hydrogens (primary N) is 1. The zero-order valence-electron chi connectivity index (χ0n) is 9.61. The molecule has 0 unspecified atom stereocenters. The molecule has 2 aromatic rings. The van der Waals surface area contributed by atoms with Gasteiger partial charge in [0.15, 0.2) is 4.34 Å². The van der Waals surface area contributed by atoms with Crippen LogP contribution in [0.15, 0.2) is 28.6 Å². The van der Waals surface area contributed by atoms with Gasteiger partial charge in [0.1, 0.15) is 10.7 Å². The van der Waals surface area contributed by atoms with Crippen molar-refractivity contribution in [2.75, 3.05) is 5.73 Å². The molecule has 0 atom stereocenters. The van der Waals surface area contributed by atoms with Crippen molar-refractivity contribution in [2.24, 2.45) is 0 Å². The van der Waals surface area contributed by atoms with Crippen LogP contribution in [0.3, 0.4) is 0 Å². The van der Waals surface area contributed by atoms with Crippen LogP contribution in [0.5, 0.6) is 0 Å². The van der Waals surface area contributed by atoms with E-state index in [2.05, 4.69) is 18.8 Å². The van der Waals surface area contributed by atoms with Gasteiger partial charge in [0, 0.05) is 15.8 Å². The molecule has 5 heteroatoms. The molecule has 2 N–H and O–H groups in total. The molecule has 0 aliphatic carbocycles. The van der Waals surface area contributed by atoms with Crippen molar-refractivity contribution in [1.29, 1.82) is 0 Å². The van der Waals surface area contributed by atoms with Crippen molar-refractivity contribution < 1.29 is 0 Å². The summed E-state index contributed by atoms with van der Waals surface area (Å²) in [7, 11) is 0. The van der Waals surface area contributed by atoms with Crippen molar-refractivity contribution in [3.63, 3.8) is 0 Å². The topological polar surface area (TPSA) is 38.9 Å². The number of aromatic nitrogens is 1. The van der Waals surface area contributed by atoms with Crippen LogP contribution in [-0.4, -0.2) is 10.2 Å². The van der Waals surface area contributed by atoms with Crippen LogP contribution in [-0.2, 0) is 0 Å². The summed E-state index contributed by atoms with van der Waals surface area (Å²) in [6.45, 7) is 4.28. The minimum Gasteiger partial charge on any atom is -0.389 e. The molecule has 1 aromatic carbocycles. The van der Waals surface area contributed by atoms with E-state index in [0.29, 0.717) is 10.3 Å². The molecule has 2 nitrogen and oxygen atoms in total. The molecule has 0 fully saturated rings. The third-order valence-electron chi connectivity index (χ3n) is 2.07. The predicted octanol–water partition coefficient (Wildman–Crippen LogP) is 4.55. The summed E-state index contributed by atoms with van der Waals surface area (Å²) in [6.07, 6.45) is 0. The van der Waals surface area contributed by atoms with Gasteiger partial charge in [-0.2, -0.15) is 0 Å². The molecule has 0 spiro atoms. The van der Waals surface area contributed by atoms with Gasteiger partial charge >= 0.3 is 0 Å². The highest BCUT2D eigenvalue weighted by Crippen LogP contribution is 2.37. The number of nitrogen functional groups attached to an aromatic ring is 1. The second kappa shape index (κ2) is 5.29. The number of anilines is 1. The van der Waals surface area contributed by atoms with E-state index in [4.69, 9.17) is 17.3 Å². The van der Waals surface area contributed by atoms with Crippen molar-refractivity contribution in [3.05, 3.63) is 29.3 Å². The van der Waals surface area contributed by atoms with Crippen LogP contribution >= 0.6 is 34.7 Å². The first kappa shape index (κ1) is 12.7. The SMILES string of the molecule is CC(C)Sc1nc(-c2cccc(Cl)c2)c(N)s1. The molecule has 0 radical (unpaired) electrons. The van der Waals surface area contributed by atoms with Crippen molar-refractivity contribution in [1.82, 2.24) is 4.98 Å². The number of rotatable bonds is 3. The van der Waals surface area contributed by atoms with Gasteiger partial charge in [0.05, 0.1) is 0 Å². The van der Waals surface area contributed by atoms with Crippen LogP contribution in [0.2, 0.25) is 5.02 Å². The summed E-state index contributed by atoms with van der Waals surface area (Å²) < 4.78 is 1.01. The molecule has 90 valence electrons. The van der Waals surface area contributed by atoms with Gasteiger partial charge in [-0.1, -0.05) is 60.7 Å². The zero-order chi connectivity index (χ0) is 12.4. The fraction of sp³-hybridized carbons (Fsp3) is 0.250. The van der Waals surface area contributed by atoms with Gasteiger partial charge in [-0.15, -0.1) is 0 Å². The first-order valence-corrected chi connectivity index (χ1v) is 7.32. The minimum absolute atomic E-state index is 0.507. The maximum atomic E-state index is 6.00. The van der Waals surface area contributed by atoms with E-state index in [-0.39, 0.29) is 0 Å². The average molecular weight is 285 g/mol. The Balaban J connectivity index is 2.36. The number of thioether (sulfide) groups is 1. The lowest BCUT2D eigenvalue weighted by atomic mass is 10.2. The lowest BCUT2D eigenvalue weighted by Gasteiger charge is -1.99. The summed E-state index contributed by atoms with van der Waals surface area (Å²) in [6, 6.07) is 7.61. The second-order valence-corrected chi connectivity index (χ2v) is 7.16. The first-order valence-electron chi connectivity index (χ1n) is 5.25. The number of hydrogen-bond donors (Lipinski definition) is 1. The second-order valence-electron chi connectivity index (χ2n) is 3.87. The summed E-state index contributed by atoms with van der Waals surface area (Å²) >= 11 is 9.22. The van der Waals surface area contributed by atoms with Crippen molar-refractivity contribution in [3.8, 4) is 11.3 Å². The van der Waals surface area contributed by atoms with Crippen molar-refractivity contribution >= 4 is 39.7 Å². The molecule has 2 rings (SSSR count). The van der Waals surface area contributed by atoms with Gasteiger partial charge in [0.2, 0.25) is 0 Å². The molecule has 0 bridgehead atoms. The Morgan fingerprint density at radius 2 is 2.18 bits per heavy atom. The molecule has 0 saturated carbocycles. The number of hydrogen-bond acceptors (Lipinski definition) is 4. The Hall–Kier alpha value is -0.710. The van der Waals surface area contributed by atoms with Gasteiger partial charge in [0.25, 0.3) is 0 Å². The Bertz CT molecular complexity index is 523. The van der Waals surface area contributed by atoms with Crippen LogP contribution in [0.1, 0.15) is 13.8 Å². The maximum Gasteiger partial charge on any atom is 0.152 e. The Morgan fingerprint density at radius 1 is 1.41 bits per heavy atom. The molecular weight excluding hydrogens is 272 g/mol. The highest BCUT2D eigenvalue weighted by molar-refractivity contribution is 8.01. The van der Waals surface area contributed by atoms with Crippen LogP contribution in [0.25, 0.3) is 11.3 Å². The Kier molecular flexibility index (Phi) is 3.97. The number of thiazole rings is 1. The molecule has 1 heterocycles. The van der Waals surface area contributed by atoms with Crippen LogP contribution in [0, 0.1) is 0 Å². The van der Waals surface area contributed by atoms with E-state index < -0.39 is 0 Å².